The smallest absolute Gasteiger partial charge is 0.255 e. The topological polar surface area (TPSA) is 49.8 Å². The molecule has 0 bridgehead atoms. The molecule has 1 N–H and O–H groups in total. The van der Waals surface area contributed by atoms with Crippen LogP contribution in [0.15, 0.2) is 0 Å². The van der Waals surface area contributed by atoms with Crippen molar-refractivity contribution in [3.05, 3.63) is 0 Å². The monoisotopic (exact) mass is 237 g/mol. The van der Waals surface area contributed by atoms with Crippen molar-refractivity contribution in [2.75, 3.05) is 26.3 Å². The van der Waals surface area contributed by atoms with Crippen molar-refractivity contribution in [1.29, 1.82) is 0 Å². The molecule has 0 radical (unpaired) electrons. The first-order valence-electron chi connectivity index (χ1n) is 5.35. The zero-order valence-electron chi connectivity index (χ0n) is 9.23. The first-order chi connectivity index (χ1) is 7.56. The minimum absolute atomic E-state index is 0.0492. The van der Waals surface area contributed by atoms with Gasteiger partial charge >= 0.3 is 0 Å². The second-order valence-electron chi connectivity index (χ2n) is 3.87. The van der Waals surface area contributed by atoms with Crippen molar-refractivity contribution in [3.63, 3.8) is 0 Å². The molecule has 4 nitrogen and oxygen atoms in total. The molecule has 6 heteroatoms. The van der Waals surface area contributed by atoms with Crippen molar-refractivity contribution in [2.24, 2.45) is 5.92 Å². The van der Waals surface area contributed by atoms with Crippen molar-refractivity contribution >= 4 is 5.91 Å². The van der Waals surface area contributed by atoms with Crippen LogP contribution in [-0.2, 0) is 9.53 Å². The Morgan fingerprint density at radius 1 is 1.62 bits per heavy atom. The average Bonchev–Trinajstić information content (AvgIpc) is 2.62. The summed E-state index contributed by atoms with van der Waals surface area (Å²) in [5.41, 5.74) is 0. The molecule has 1 rings (SSSR count). The highest BCUT2D eigenvalue weighted by molar-refractivity contribution is 5.79. The molecule has 0 aromatic rings. The lowest BCUT2D eigenvalue weighted by Crippen LogP contribution is -2.42. The minimum Gasteiger partial charge on any atom is -0.395 e. The standard InChI is InChI=1S/C10H17F2NO3/c1-7-8(2-5-16-7)10(15)13(3-4-14)6-9(11)12/h7-9,14H,2-6H2,1H3. The van der Waals surface area contributed by atoms with Crippen molar-refractivity contribution in [3.8, 4) is 0 Å². The van der Waals surface area contributed by atoms with Crippen molar-refractivity contribution < 1.29 is 23.4 Å². The SMILES string of the molecule is CC1OCCC1C(=O)N(CCO)CC(F)F. The number of alkyl halides is 2. The molecule has 0 saturated carbocycles. The molecule has 0 aromatic carbocycles. The highest BCUT2D eigenvalue weighted by Gasteiger charge is 2.34. The van der Waals surface area contributed by atoms with Gasteiger partial charge < -0.3 is 14.7 Å². The summed E-state index contributed by atoms with van der Waals surface area (Å²) in [6.07, 6.45) is -2.25. The molecule has 1 amide bonds. The van der Waals surface area contributed by atoms with Gasteiger partial charge in [0.15, 0.2) is 0 Å². The van der Waals surface area contributed by atoms with Gasteiger partial charge in [-0.25, -0.2) is 8.78 Å². The summed E-state index contributed by atoms with van der Waals surface area (Å²) in [4.78, 5) is 12.9. The van der Waals surface area contributed by atoms with Gasteiger partial charge in [0, 0.05) is 13.2 Å². The number of aliphatic hydroxyl groups excluding tert-OH is 1. The highest BCUT2D eigenvalue weighted by Crippen LogP contribution is 2.22. The zero-order valence-corrected chi connectivity index (χ0v) is 9.23. The fourth-order valence-corrected chi connectivity index (χ4v) is 1.87. The van der Waals surface area contributed by atoms with Crippen LogP contribution in [0.2, 0.25) is 0 Å². The van der Waals surface area contributed by atoms with Crippen LogP contribution < -0.4 is 0 Å². The second kappa shape index (κ2) is 6.10. The number of ether oxygens (including phenoxy) is 1. The number of halogens is 2. The Hall–Kier alpha value is -0.750. The van der Waals surface area contributed by atoms with E-state index in [1.807, 2.05) is 0 Å². The maximum atomic E-state index is 12.2. The number of carbonyl (C=O) groups is 1. The molecule has 1 heterocycles. The third kappa shape index (κ3) is 3.38. The fourth-order valence-electron chi connectivity index (χ4n) is 1.87. The van der Waals surface area contributed by atoms with E-state index in [9.17, 15) is 13.6 Å². The minimum atomic E-state index is -2.58. The summed E-state index contributed by atoms with van der Waals surface area (Å²) < 4.78 is 29.7. The molecule has 2 atom stereocenters. The van der Waals surface area contributed by atoms with Gasteiger partial charge in [-0.3, -0.25) is 4.79 Å². The molecule has 2 unspecified atom stereocenters. The molecule has 0 aliphatic carbocycles. The van der Waals surface area contributed by atoms with Gasteiger partial charge in [0.05, 0.1) is 25.2 Å². The number of aliphatic hydroxyl groups is 1. The van der Waals surface area contributed by atoms with Crippen LogP contribution in [0.1, 0.15) is 13.3 Å². The molecule has 1 saturated heterocycles. The molecule has 0 aromatic heterocycles. The van der Waals surface area contributed by atoms with Gasteiger partial charge in [-0.05, 0) is 13.3 Å². The van der Waals surface area contributed by atoms with E-state index in [0.717, 1.165) is 4.90 Å². The Labute approximate surface area is 93.2 Å². The van der Waals surface area contributed by atoms with Crippen LogP contribution in [-0.4, -0.2) is 54.7 Å². The number of hydrogen-bond donors (Lipinski definition) is 1. The molecule has 94 valence electrons. The first-order valence-corrected chi connectivity index (χ1v) is 5.35. The van der Waals surface area contributed by atoms with Gasteiger partial charge in [0.25, 0.3) is 6.43 Å². The normalized spacial score (nSPS) is 25.1. The molecule has 1 aliphatic rings. The molecular weight excluding hydrogens is 220 g/mol. The maximum Gasteiger partial charge on any atom is 0.255 e. The van der Waals surface area contributed by atoms with E-state index in [1.165, 1.54) is 0 Å². The summed E-state index contributed by atoms with van der Waals surface area (Å²) in [5.74, 6) is -0.704. The largest absolute Gasteiger partial charge is 0.395 e. The Morgan fingerprint density at radius 2 is 2.31 bits per heavy atom. The molecular formula is C10H17F2NO3. The van der Waals surface area contributed by atoms with E-state index < -0.39 is 13.0 Å². The Kier molecular flexibility index (Phi) is 5.08. The lowest BCUT2D eigenvalue weighted by molar-refractivity contribution is -0.139. The number of carbonyl (C=O) groups excluding carboxylic acids is 1. The third-order valence-electron chi connectivity index (χ3n) is 2.73. The molecule has 0 spiro atoms. The van der Waals surface area contributed by atoms with E-state index >= 15 is 0 Å². The van der Waals surface area contributed by atoms with E-state index in [2.05, 4.69) is 0 Å². The lowest BCUT2D eigenvalue weighted by Gasteiger charge is -2.25. The highest BCUT2D eigenvalue weighted by atomic mass is 19.3. The predicted molar refractivity (Wildman–Crippen MR) is 53.2 cm³/mol. The number of amides is 1. The summed E-state index contributed by atoms with van der Waals surface area (Å²) in [6, 6.07) is 0. The van der Waals surface area contributed by atoms with Crippen molar-refractivity contribution in [1.82, 2.24) is 4.90 Å². The van der Waals surface area contributed by atoms with Crippen molar-refractivity contribution in [2.45, 2.75) is 25.9 Å². The average molecular weight is 237 g/mol. The number of hydrogen-bond acceptors (Lipinski definition) is 3. The van der Waals surface area contributed by atoms with Crippen LogP contribution in [0.5, 0.6) is 0 Å². The first kappa shape index (κ1) is 13.3. The number of nitrogens with zero attached hydrogens (tertiary/aromatic N) is 1. The summed E-state index contributed by atoms with van der Waals surface area (Å²) in [5, 5.41) is 8.74. The zero-order chi connectivity index (χ0) is 12.1. The fraction of sp³-hybridized carbons (Fsp3) is 0.900. The van der Waals surface area contributed by atoms with Crippen LogP contribution >= 0.6 is 0 Å². The van der Waals surface area contributed by atoms with Crippen LogP contribution in [0, 0.1) is 5.92 Å². The van der Waals surface area contributed by atoms with E-state index in [4.69, 9.17) is 9.84 Å². The second-order valence-corrected chi connectivity index (χ2v) is 3.87. The maximum absolute atomic E-state index is 12.2. The Bertz CT molecular complexity index is 238. The van der Waals surface area contributed by atoms with Crippen LogP contribution in [0.25, 0.3) is 0 Å². The van der Waals surface area contributed by atoms with Gasteiger partial charge in [0.2, 0.25) is 5.91 Å². The third-order valence-corrected chi connectivity index (χ3v) is 2.73. The van der Waals surface area contributed by atoms with E-state index in [1.54, 1.807) is 6.92 Å². The van der Waals surface area contributed by atoms with Crippen LogP contribution in [0.4, 0.5) is 8.78 Å². The van der Waals surface area contributed by atoms with Crippen LogP contribution in [0.3, 0.4) is 0 Å². The van der Waals surface area contributed by atoms with Gasteiger partial charge in [0.1, 0.15) is 0 Å². The lowest BCUT2D eigenvalue weighted by atomic mass is 10.0. The predicted octanol–water partition coefficient (Wildman–Crippen LogP) is 0.497. The quantitative estimate of drug-likeness (QED) is 0.757. The number of rotatable bonds is 5. The molecule has 16 heavy (non-hydrogen) atoms. The van der Waals surface area contributed by atoms with E-state index in [-0.39, 0.29) is 31.1 Å². The Balaban J connectivity index is 2.58. The summed E-state index contributed by atoms with van der Waals surface area (Å²) in [6.45, 7) is 1.27. The van der Waals surface area contributed by atoms with E-state index in [0.29, 0.717) is 13.0 Å². The Morgan fingerprint density at radius 3 is 2.75 bits per heavy atom. The molecule has 1 fully saturated rings. The van der Waals surface area contributed by atoms with Gasteiger partial charge in [-0.1, -0.05) is 0 Å². The molecule has 1 aliphatic heterocycles. The van der Waals surface area contributed by atoms with Gasteiger partial charge in [-0.15, -0.1) is 0 Å². The summed E-state index contributed by atoms with van der Waals surface area (Å²) >= 11 is 0. The van der Waals surface area contributed by atoms with Gasteiger partial charge in [-0.2, -0.15) is 0 Å². The summed E-state index contributed by atoms with van der Waals surface area (Å²) in [7, 11) is 0.